The molecule has 1 atom stereocenters. The van der Waals surface area contributed by atoms with Gasteiger partial charge in [-0.1, -0.05) is 44.2 Å². The van der Waals surface area contributed by atoms with E-state index in [1.165, 1.54) is 0 Å². The molecule has 1 amide bonds. The maximum Gasteiger partial charge on any atom is 0.305 e. The highest BCUT2D eigenvalue weighted by Crippen LogP contribution is 2.20. The molecule has 1 aromatic carbocycles. The molecular weight excluding hydrogens is 282 g/mol. The van der Waals surface area contributed by atoms with Crippen LogP contribution in [0.1, 0.15) is 45.6 Å². The Hall–Kier alpha value is -1.88. The summed E-state index contributed by atoms with van der Waals surface area (Å²) in [4.78, 5) is 23.3. The van der Waals surface area contributed by atoms with Crippen LogP contribution in [0.2, 0.25) is 0 Å². The number of nitrogens with one attached hydrogen (secondary N) is 1. The molecule has 2 N–H and O–H groups in total. The van der Waals surface area contributed by atoms with Crippen LogP contribution < -0.4 is 5.32 Å². The minimum absolute atomic E-state index is 0.0862. The number of carbonyl (C=O) groups is 2. The highest BCUT2D eigenvalue weighted by molar-refractivity contribution is 5.82. The fourth-order valence-corrected chi connectivity index (χ4v) is 2.24. The minimum Gasteiger partial charge on any atom is -0.481 e. The van der Waals surface area contributed by atoms with E-state index in [1.807, 2.05) is 44.2 Å². The summed E-state index contributed by atoms with van der Waals surface area (Å²) in [7, 11) is 0. The van der Waals surface area contributed by atoms with Crippen LogP contribution in [0.15, 0.2) is 30.3 Å². The largest absolute Gasteiger partial charge is 0.481 e. The highest BCUT2D eigenvalue weighted by Gasteiger charge is 2.32. The third-order valence-electron chi connectivity index (χ3n) is 3.94. The van der Waals surface area contributed by atoms with Crippen LogP contribution in [0, 0.1) is 0 Å². The van der Waals surface area contributed by atoms with Gasteiger partial charge in [0.15, 0.2) is 0 Å². The number of aliphatic carboxylic acids is 1. The van der Waals surface area contributed by atoms with Gasteiger partial charge in [0, 0.05) is 0 Å². The summed E-state index contributed by atoms with van der Waals surface area (Å²) in [5.41, 5.74) is 0.276. The van der Waals surface area contributed by atoms with Crippen molar-refractivity contribution in [2.75, 3.05) is 0 Å². The quantitative estimate of drug-likeness (QED) is 0.735. The molecule has 0 saturated carbocycles. The summed E-state index contributed by atoms with van der Waals surface area (Å²) in [6, 6.07) is 9.60. The zero-order valence-electron chi connectivity index (χ0n) is 13.5. The Bertz CT molecular complexity index is 483. The number of rotatable bonds is 9. The Morgan fingerprint density at radius 1 is 1.23 bits per heavy atom. The topological polar surface area (TPSA) is 75.6 Å². The van der Waals surface area contributed by atoms with Gasteiger partial charge in [-0.3, -0.25) is 9.59 Å². The fraction of sp³-hybridized carbons (Fsp3) is 0.529. The second-order valence-corrected chi connectivity index (χ2v) is 5.49. The Labute approximate surface area is 131 Å². The van der Waals surface area contributed by atoms with Gasteiger partial charge in [-0.2, -0.15) is 0 Å². The minimum atomic E-state index is -0.915. The van der Waals surface area contributed by atoms with Crippen LogP contribution in [0.3, 0.4) is 0 Å². The maximum atomic E-state index is 12.3. The second-order valence-electron chi connectivity index (χ2n) is 5.49. The van der Waals surface area contributed by atoms with E-state index in [-0.39, 0.29) is 12.3 Å². The number of amides is 1. The number of carboxylic acid groups (broad SMARTS) is 1. The normalized spacial score (nSPS) is 12.7. The zero-order chi connectivity index (χ0) is 16.6. The smallest absolute Gasteiger partial charge is 0.305 e. The predicted molar refractivity (Wildman–Crippen MR) is 84.4 cm³/mol. The van der Waals surface area contributed by atoms with Crippen molar-refractivity contribution in [2.24, 2.45) is 0 Å². The van der Waals surface area contributed by atoms with Crippen molar-refractivity contribution in [3.63, 3.8) is 0 Å². The third-order valence-corrected chi connectivity index (χ3v) is 3.94. The van der Waals surface area contributed by atoms with Crippen molar-refractivity contribution in [3.8, 4) is 0 Å². The fourth-order valence-electron chi connectivity index (χ4n) is 2.24. The number of hydrogen-bond acceptors (Lipinski definition) is 3. The van der Waals surface area contributed by atoms with Crippen LogP contribution in [0.4, 0.5) is 0 Å². The number of carbonyl (C=O) groups excluding carboxylic acids is 1. The maximum absolute atomic E-state index is 12.3. The molecule has 1 rings (SSSR count). The van der Waals surface area contributed by atoms with E-state index in [9.17, 15) is 9.59 Å². The van der Waals surface area contributed by atoms with Crippen LogP contribution in [-0.4, -0.2) is 28.6 Å². The van der Waals surface area contributed by atoms with Crippen LogP contribution in [0.25, 0.3) is 0 Å². The van der Waals surface area contributed by atoms with E-state index in [1.54, 1.807) is 6.92 Å². The van der Waals surface area contributed by atoms with Gasteiger partial charge < -0.3 is 15.2 Å². The summed E-state index contributed by atoms with van der Waals surface area (Å²) in [6.07, 6.45) is 0.406. The van der Waals surface area contributed by atoms with E-state index in [0.717, 1.165) is 5.56 Å². The molecule has 0 aliphatic heterocycles. The van der Waals surface area contributed by atoms with Crippen molar-refractivity contribution >= 4 is 11.9 Å². The first-order chi connectivity index (χ1) is 10.4. The molecule has 0 aliphatic carbocycles. The first kappa shape index (κ1) is 18.2. The van der Waals surface area contributed by atoms with Crippen molar-refractivity contribution in [2.45, 2.75) is 58.3 Å². The zero-order valence-corrected chi connectivity index (χ0v) is 13.5. The lowest BCUT2D eigenvalue weighted by atomic mass is 9.88. The van der Waals surface area contributed by atoms with Gasteiger partial charge in [0.2, 0.25) is 5.91 Å². The summed E-state index contributed by atoms with van der Waals surface area (Å²) in [5.74, 6) is -1.19. The molecule has 0 radical (unpaired) electrons. The molecule has 0 aromatic heterocycles. The third kappa shape index (κ3) is 5.48. The summed E-state index contributed by atoms with van der Waals surface area (Å²) in [5, 5.41) is 11.9. The van der Waals surface area contributed by atoms with E-state index < -0.39 is 17.6 Å². The SMILES string of the molecule is CCC(CC)(CC(=O)O)NC(=O)C(C)OCc1ccccc1. The standard InChI is InChI=1S/C17H25NO4/c1-4-17(5-2,11-15(19)20)18-16(21)13(3)22-12-14-9-7-6-8-10-14/h6-10,13H,4-5,11-12H2,1-3H3,(H,18,21)(H,19,20). The molecule has 0 saturated heterocycles. The Balaban J connectivity index is 2.59. The van der Waals surface area contributed by atoms with Crippen molar-refractivity contribution in [1.82, 2.24) is 5.32 Å². The van der Waals surface area contributed by atoms with Crippen molar-refractivity contribution in [1.29, 1.82) is 0 Å². The lowest BCUT2D eigenvalue weighted by molar-refractivity contribution is -0.140. The molecule has 22 heavy (non-hydrogen) atoms. The number of ether oxygens (including phenoxy) is 1. The van der Waals surface area contributed by atoms with Gasteiger partial charge in [-0.25, -0.2) is 0 Å². The monoisotopic (exact) mass is 307 g/mol. The molecule has 5 heteroatoms. The number of carboxylic acids is 1. The van der Waals surface area contributed by atoms with Gasteiger partial charge in [0.25, 0.3) is 0 Å². The van der Waals surface area contributed by atoms with Crippen molar-refractivity contribution in [3.05, 3.63) is 35.9 Å². The van der Waals surface area contributed by atoms with Crippen LogP contribution in [-0.2, 0) is 20.9 Å². The average Bonchev–Trinajstić information content (AvgIpc) is 2.52. The van der Waals surface area contributed by atoms with E-state index in [0.29, 0.717) is 19.4 Å². The summed E-state index contributed by atoms with van der Waals surface area (Å²) < 4.78 is 5.57. The molecule has 1 aromatic rings. The molecule has 1 unspecified atom stereocenters. The number of benzene rings is 1. The molecule has 0 fully saturated rings. The van der Waals surface area contributed by atoms with Gasteiger partial charge in [0.1, 0.15) is 6.10 Å². The molecule has 0 aliphatic rings. The van der Waals surface area contributed by atoms with Gasteiger partial charge in [-0.05, 0) is 25.3 Å². The van der Waals surface area contributed by atoms with Crippen molar-refractivity contribution < 1.29 is 19.4 Å². The first-order valence-electron chi connectivity index (χ1n) is 7.61. The van der Waals surface area contributed by atoms with Gasteiger partial charge >= 0.3 is 5.97 Å². The molecule has 122 valence electrons. The Morgan fingerprint density at radius 3 is 2.32 bits per heavy atom. The van der Waals surface area contributed by atoms with E-state index >= 15 is 0 Å². The molecule has 0 heterocycles. The average molecular weight is 307 g/mol. The summed E-state index contributed by atoms with van der Waals surface area (Å²) >= 11 is 0. The highest BCUT2D eigenvalue weighted by atomic mass is 16.5. The van der Waals surface area contributed by atoms with Crippen LogP contribution in [0.5, 0.6) is 0 Å². The second kappa shape index (κ2) is 8.54. The van der Waals surface area contributed by atoms with E-state index in [2.05, 4.69) is 5.32 Å². The molecule has 5 nitrogen and oxygen atoms in total. The predicted octanol–water partition coefficient (Wildman–Crippen LogP) is 2.74. The Morgan fingerprint density at radius 2 is 1.82 bits per heavy atom. The van der Waals surface area contributed by atoms with Gasteiger partial charge in [-0.15, -0.1) is 0 Å². The lowest BCUT2D eigenvalue weighted by Crippen LogP contribution is -2.52. The molecular formula is C17H25NO4. The van der Waals surface area contributed by atoms with Crippen LogP contribution >= 0.6 is 0 Å². The van der Waals surface area contributed by atoms with Gasteiger partial charge in [0.05, 0.1) is 18.6 Å². The number of hydrogen-bond donors (Lipinski definition) is 2. The summed E-state index contributed by atoms with van der Waals surface area (Å²) in [6.45, 7) is 5.78. The molecule has 0 bridgehead atoms. The van der Waals surface area contributed by atoms with E-state index in [4.69, 9.17) is 9.84 Å². The Kier molecular flexibility index (Phi) is 7.05. The lowest BCUT2D eigenvalue weighted by Gasteiger charge is -2.32. The molecule has 0 spiro atoms. The first-order valence-corrected chi connectivity index (χ1v) is 7.61.